The van der Waals surface area contributed by atoms with Crippen molar-refractivity contribution in [2.45, 2.75) is 26.4 Å². The summed E-state index contributed by atoms with van der Waals surface area (Å²) < 4.78 is 0. The molecule has 2 aromatic carbocycles. The maximum Gasteiger partial charge on any atom is 1.00 e. The minimum atomic E-state index is -0.750. The van der Waals surface area contributed by atoms with E-state index in [1.807, 2.05) is 42.7 Å². The number of hydrogen-bond donors (Lipinski definition) is 2. The van der Waals surface area contributed by atoms with Gasteiger partial charge in [-0.2, -0.15) is 0 Å². The number of aromatic amines is 2. The van der Waals surface area contributed by atoms with E-state index >= 15 is 0 Å². The van der Waals surface area contributed by atoms with Gasteiger partial charge in [0.05, 0.1) is 5.52 Å². The van der Waals surface area contributed by atoms with E-state index in [2.05, 4.69) is 46.9 Å². The van der Waals surface area contributed by atoms with Crippen LogP contribution in [0.3, 0.4) is 0 Å². The van der Waals surface area contributed by atoms with Crippen LogP contribution in [0.25, 0.3) is 27.9 Å². The second-order valence-electron chi connectivity index (χ2n) is 6.67. The summed E-state index contributed by atoms with van der Waals surface area (Å²) in [7, 11) is 0. The fourth-order valence-electron chi connectivity index (χ4n) is 2.27. The maximum atomic E-state index is 10.1. The monoisotopic (exact) mass is 372 g/mol. The summed E-state index contributed by atoms with van der Waals surface area (Å²) in [5, 5.41) is 12.6. The smallest absolute Gasteiger partial charge is 0.850 e. The zero-order valence-corrected chi connectivity index (χ0v) is 19.2. The number of hydrogen-bond acceptors (Lipinski definition) is 1. The quantitative estimate of drug-likeness (QED) is 0.494. The molecule has 26 heavy (non-hydrogen) atoms. The van der Waals surface area contributed by atoms with E-state index < -0.39 is 5.60 Å². The average molecular weight is 373 g/mol. The van der Waals surface area contributed by atoms with Gasteiger partial charge in [-0.25, -0.2) is 0 Å². The Labute approximate surface area is 197 Å². The molecule has 0 aliphatic rings. The van der Waals surface area contributed by atoms with Crippen molar-refractivity contribution in [1.29, 1.82) is 0 Å². The van der Waals surface area contributed by atoms with Crippen LogP contribution in [0.2, 0.25) is 0 Å². The van der Waals surface area contributed by atoms with Crippen LogP contribution in [0.15, 0.2) is 73.6 Å². The molecule has 0 saturated heterocycles. The van der Waals surface area contributed by atoms with Crippen molar-refractivity contribution in [3.8, 4) is 0 Å². The largest absolute Gasteiger partial charge is 1.00 e. The van der Waals surface area contributed by atoms with E-state index in [9.17, 15) is 5.11 Å². The standard InChI is InChI=1S/C10H9N.C8H7N.C4H9O.K/c1-2-8-4-3-5-9-6-7-11-10(8)9;1-2-4-8-7(3-1)5-6-9-8;1-4(2,3)5;/h2-7,11H,1H2;1-6,9H;1-3H3;/q;;-1;+1. The Balaban J connectivity index is 0.000000205. The molecule has 130 valence electrons. The molecule has 4 aromatic rings. The molecule has 2 heterocycles. The first-order valence-corrected chi connectivity index (χ1v) is 8.29. The molecule has 0 amide bonds. The molecule has 0 saturated carbocycles. The molecule has 0 bridgehead atoms. The molecule has 2 N–H and O–H groups in total. The van der Waals surface area contributed by atoms with Gasteiger partial charge in [0.2, 0.25) is 0 Å². The van der Waals surface area contributed by atoms with E-state index in [1.165, 1.54) is 21.8 Å². The topological polar surface area (TPSA) is 54.6 Å². The van der Waals surface area contributed by atoms with Gasteiger partial charge < -0.3 is 15.1 Å². The first kappa shape index (κ1) is 22.9. The summed E-state index contributed by atoms with van der Waals surface area (Å²) in [5.74, 6) is 0. The Bertz CT molecular complexity index is 896. The van der Waals surface area contributed by atoms with Crippen molar-refractivity contribution in [1.82, 2.24) is 9.97 Å². The van der Waals surface area contributed by atoms with Gasteiger partial charge in [0.1, 0.15) is 0 Å². The van der Waals surface area contributed by atoms with Gasteiger partial charge in [-0.15, -0.1) is 5.60 Å². The van der Waals surface area contributed by atoms with Gasteiger partial charge in [-0.1, -0.05) is 69.8 Å². The Morgan fingerprint density at radius 2 is 1.42 bits per heavy atom. The van der Waals surface area contributed by atoms with Crippen molar-refractivity contribution < 1.29 is 56.5 Å². The van der Waals surface area contributed by atoms with Crippen LogP contribution in [0, 0.1) is 0 Å². The molecule has 0 aliphatic heterocycles. The van der Waals surface area contributed by atoms with Crippen LogP contribution >= 0.6 is 0 Å². The summed E-state index contributed by atoms with van der Waals surface area (Å²) in [4.78, 5) is 6.29. The van der Waals surface area contributed by atoms with Crippen molar-refractivity contribution in [3.05, 3.63) is 79.1 Å². The fraction of sp³-hybridized carbons (Fsp3) is 0.182. The third kappa shape index (κ3) is 7.62. The summed E-state index contributed by atoms with van der Waals surface area (Å²) >= 11 is 0. The average Bonchev–Trinajstić information content (AvgIpc) is 3.22. The van der Waals surface area contributed by atoms with Gasteiger partial charge in [0.25, 0.3) is 0 Å². The predicted molar refractivity (Wildman–Crippen MR) is 106 cm³/mol. The minimum Gasteiger partial charge on any atom is -0.850 e. The van der Waals surface area contributed by atoms with Crippen LogP contribution in [-0.4, -0.2) is 15.6 Å². The van der Waals surface area contributed by atoms with Crippen molar-refractivity contribution in [2.24, 2.45) is 0 Å². The van der Waals surface area contributed by atoms with Gasteiger partial charge in [0.15, 0.2) is 0 Å². The van der Waals surface area contributed by atoms with Crippen LogP contribution in [0.4, 0.5) is 0 Å². The molecule has 0 spiro atoms. The number of nitrogens with one attached hydrogen (secondary N) is 2. The third-order valence-corrected chi connectivity index (χ3v) is 3.30. The number of para-hydroxylation sites is 2. The number of H-pyrrole nitrogens is 2. The summed E-state index contributed by atoms with van der Waals surface area (Å²) in [6.07, 6.45) is 5.75. The third-order valence-electron chi connectivity index (χ3n) is 3.30. The Morgan fingerprint density at radius 1 is 0.846 bits per heavy atom. The van der Waals surface area contributed by atoms with Crippen molar-refractivity contribution >= 4 is 27.9 Å². The molecule has 4 rings (SSSR count). The Morgan fingerprint density at radius 3 is 2.08 bits per heavy atom. The molecule has 0 unspecified atom stereocenters. The summed E-state index contributed by atoms with van der Waals surface area (Å²) in [5.41, 5.74) is 2.78. The first-order chi connectivity index (χ1) is 11.9. The van der Waals surface area contributed by atoms with E-state index in [0.717, 1.165) is 5.56 Å². The number of benzene rings is 2. The Hall–Kier alpha value is -1.14. The molecule has 0 atom stereocenters. The fourth-order valence-corrected chi connectivity index (χ4v) is 2.27. The second-order valence-corrected chi connectivity index (χ2v) is 6.67. The second kappa shape index (κ2) is 10.9. The zero-order valence-electron chi connectivity index (χ0n) is 16.0. The van der Waals surface area contributed by atoms with Crippen LogP contribution < -0.4 is 56.5 Å². The molecule has 0 fully saturated rings. The minimum absolute atomic E-state index is 0. The summed E-state index contributed by atoms with van der Waals surface area (Å²) in [6, 6.07) is 18.5. The Kier molecular flexibility index (Phi) is 9.57. The maximum absolute atomic E-state index is 10.1. The summed E-state index contributed by atoms with van der Waals surface area (Å²) in [6.45, 7) is 8.64. The molecular weight excluding hydrogens is 347 g/mol. The predicted octanol–water partition coefficient (Wildman–Crippen LogP) is 2.13. The molecule has 4 heteroatoms. The number of rotatable bonds is 1. The van der Waals surface area contributed by atoms with Crippen LogP contribution in [-0.2, 0) is 0 Å². The van der Waals surface area contributed by atoms with Gasteiger partial charge in [-0.05, 0) is 34.5 Å². The van der Waals surface area contributed by atoms with Gasteiger partial charge >= 0.3 is 51.4 Å². The van der Waals surface area contributed by atoms with E-state index in [0.29, 0.717) is 0 Å². The van der Waals surface area contributed by atoms with Crippen molar-refractivity contribution in [3.63, 3.8) is 0 Å². The molecule has 2 aromatic heterocycles. The molecule has 0 aliphatic carbocycles. The van der Waals surface area contributed by atoms with Crippen molar-refractivity contribution in [2.75, 3.05) is 0 Å². The normalized spacial score (nSPS) is 10.2. The van der Waals surface area contributed by atoms with Crippen LogP contribution in [0.5, 0.6) is 0 Å². The molecular formula is C22H25KN2O. The van der Waals surface area contributed by atoms with E-state index in [4.69, 9.17) is 0 Å². The number of aromatic nitrogens is 2. The zero-order chi connectivity index (χ0) is 18.3. The van der Waals surface area contributed by atoms with Gasteiger partial charge in [0, 0.05) is 17.9 Å². The number of fused-ring (bicyclic) bond motifs is 2. The van der Waals surface area contributed by atoms with E-state index in [1.54, 1.807) is 20.8 Å². The molecule has 3 nitrogen and oxygen atoms in total. The SMILES string of the molecule is C=Cc1cccc2cc[nH]c12.CC(C)(C)[O-].[K+].c1ccc2[nH]ccc2c1. The van der Waals surface area contributed by atoms with Crippen LogP contribution in [0.1, 0.15) is 26.3 Å². The van der Waals surface area contributed by atoms with E-state index in [-0.39, 0.29) is 51.4 Å². The molecule has 0 radical (unpaired) electrons. The first-order valence-electron chi connectivity index (χ1n) is 8.29. The van der Waals surface area contributed by atoms with Gasteiger partial charge in [-0.3, -0.25) is 0 Å².